The molecule has 0 fully saturated rings. The molecular weight excluding hydrogens is 470 g/mol. The van der Waals surface area contributed by atoms with Crippen molar-refractivity contribution in [1.29, 1.82) is 0 Å². The lowest BCUT2D eigenvalue weighted by Crippen LogP contribution is -2.33. The molecule has 0 atom stereocenters. The van der Waals surface area contributed by atoms with E-state index in [0.717, 1.165) is 11.1 Å². The molecule has 1 aromatic heterocycles. The van der Waals surface area contributed by atoms with Gasteiger partial charge in [0.2, 0.25) is 5.91 Å². The van der Waals surface area contributed by atoms with Crippen LogP contribution in [0.25, 0.3) is 11.0 Å². The zero-order chi connectivity index (χ0) is 25.2. The van der Waals surface area contributed by atoms with E-state index in [1.165, 1.54) is 30.3 Å². The van der Waals surface area contributed by atoms with E-state index in [-0.39, 0.29) is 22.7 Å². The highest BCUT2D eigenvalue weighted by atomic mass is 32.2. The molecule has 5 N–H and O–H groups in total. The molecule has 0 bridgehead atoms. The first-order valence-corrected chi connectivity index (χ1v) is 12.1. The van der Waals surface area contributed by atoms with Gasteiger partial charge in [-0.25, -0.2) is 13.2 Å². The van der Waals surface area contributed by atoms with Crippen LogP contribution in [-0.2, 0) is 14.8 Å². The number of hydrogen-bond acceptors (Lipinski definition) is 5. The van der Waals surface area contributed by atoms with Crippen LogP contribution in [0.4, 0.5) is 11.4 Å². The highest BCUT2D eigenvalue weighted by Crippen LogP contribution is 2.22. The Morgan fingerprint density at radius 1 is 0.886 bits per heavy atom. The first-order valence-electron chi connectivity index (χ1n) is 10.6. The Kier molecular flexibility index (Phi) is 6.43. The normalized spacial score (nSPS) is 11.3. The topological polar surface area (TPSA) is 153 Å². The number of hydrogen-bond donors (Lipinski definition) is 5. The predicted molar refractivity (Wildman–Crippen MR) is 133 cm³/mol. The third kappa shape index (κ3) is 5.25. The van der Waals surface area contributed by atoms with Crippen LogP contribution in [0.3, 0.4) is 0 Å². The number of aryl methyl sites for hydroxylation is 2. The van der Waals surface area contributed by atoms with Gasteiger partial charge in [0.1, 0.15) is 0 Å². The summed E-state index contributed by atoms with van der Waals surface area (Å²) in [5.74, 6) is -1.03. The molecule has 2 amide bonds. The third-order valence-corrected chi connectivity index (χ3v) is 6.73. The zero-order valence-corrected chi connectivity index (χ0v) is 19.7. The molecule has 180 valence electrons. The average molecular weight is 494 g/mol. The maximum Gasteiger partial charge on any atom is 0.323 e. The van der Waals surface area contributed by atoms with E-state index in [1.54, 1.807) is 12.1 Å². The van der Waals surface area contributed by atoms with Crippen LogP contribution >= 0.6 is 0 Å². The monoisotopic (exact) mass is 493 g/mol. The summed E-state index contributed by atoms with van der Waals surface area (Å²) < 4.78 is 28.3. The maximum atomic E-state index is 13.0. The Morgan fingerprint density at radius 2 is 1.57 bits per heavy atom. The molecule has 0 aliphatic rings. The van der Waals surface area contributed by atoms with E-state index < -0.39 is 27.5 Å². The van der Waals surface area contributed by atoms with Gasteiger partial charge in [-0.2, -0.15) is 0 Å². The van der Waals surface area contributed by atoms with Crippen LogP contribution in [-0.4, -0.2) is 36.7 Å². The summed E-state index contributed by atoms with van der Waals surface area (Å²) in [5, 5.41) is 5.30. The smallest absolute Gasteiger partial charge is 0.323 e. The molecule has 0 spiro atoms. The van der Waals surface area contributed by atoms with Gasteiger partial charge >= 0.3 is 5.69 Å². The Balaban J connectivity index is 1.48. The number of aromatic nitrogens is 2. The molecule has 11 heteroatoms. The number of fused-ring (bicyclic) bond motifs is 1. The van der Waals surface area contributed by atoms with Crippen molar-refractivity contribution >= 4 is 44.2 Å². The Morgan fingerprint density at radius 3 is 2.31 bits per heavy atom. The fraction of sp³-hybridized carbons (Fsp3) is 0.125. The summed E-state index contributed by atoms with van der Waals surface area (Å²) in [5.41, 5.74) is 2.91. The highest BCUT2D eigenvalue weighted by Gasteiger charge is 2.20. The minimum absolute atomic E-state index is 0.0443. The van der Waals surface area contributed by atoms with Gasteiger partial charge in [0, 0.05) is 5.69 Å². The number of aromatic amines is 2. The van der Waals surface area contributed by atoms with E-state index in [0.29, 0.717) is 16.7 Å². The van der Waals surface area contributed by atoms with E-state index in [1.807, 2.05) is 32.0 Å². The van der Waals surface area contributed by atoms with Crippen LogP contribution in [0, 0.1) is 13.8 Å². The number of carbonyl (C=O) groups excluding carboxylic acids is 2. The molecule has 0 saturated carbocycles. The molecular formula is C24H23N5O5S. The molecule has 10 nitrogen and oxygen atoms in total. The number of carbonyl (C=O) groups is 2. The van der Waals surface area contributed by atoms with Crippen molar-refractivity contribution in [3.63, 3.8) is 0 Å². The summed E-state index contributed by atoms with van der Waals surface area (Å²) >= 11 is 0. The molecule has 0 aliphatic heterocycles. The van der Waals surface area contributed by atoms with E-state index in [9.17, 15) is 22.8 Å². The fourth-order valence-corrected chi connectivity index (χ4v) is 4.71. The Hall–Kier alpha value is -4.38. The van der Waals surface area contributed by atoms with Crippen molar-refractivity contribution in [2.75, 3.05) is 16.6 Å². The van der Waals surface area contributed by atoms with Crippen LogP contribution < -0.4 is 21.0 Å². The molecule has 1 heterocycles. The van der Waals surface area contributed by atoms with Crippen molar-refractivity contribution in [3.05, 3.63) is 87.8 Å². The number of rotatable bonds is 7. The first-order chi connectivity index (χ1) is 16.6. The molecule has 4 rings (SSSR count). The minimum atomic E-state index is -4.08. The van der Waals surface area contributed by atoms with E-state index >= 15 is 0 Å². The van der Waals surface area contributed by atoms with E-state index in [2.05, 4.69) is 25.3 Å². The van der Waals surface area contributed by atoms with Crippen LogP contribution in [0.1, 0.15) is 21.5 Å². The number of amides is 2. The minimum Gasteiger partial charge on any atom is -0.343 e. The van der Waals surface area contributed by atoms with Crippen molar-refractivity contribution in [2.45, 2.75) is 18.7 Å². The highest BCUT2D eigenvalue weighted by molar-refractivity contribution is 7.92. The van der Waals surface area contributed by atoms with Crippen molar-refractivity contribution in [2.24, 2.45) is 0 Å². The molecule has 4 aromatic rings. The Labute approximate surface area is 200 Å². The van der Waals surface area contributed by atoms with Gasteiger partial charge in [0.05, 0.1) is 33.7 Å². The lowest BCUT2D eigenvalue weighted by Gasteiger charge is -2.14. The van der Waals surface area contributed by atoms with Gasteiger partial charge < -0.3 is 20.6 Å². The van der Waals surface area contributed by atoms with E-state index in [4.69, 9.17) is 0 Å². The lowest BCUT2D eigenvalue weighted by atomic mass is 10.1. The van der Waals surface area contributed by atoms with Gasteiger partial charge in [-0.1, -0.05) is 30.3 Å². The molecule has 0 aliphatic carbocycles. The second-order valence-electron chi connectivity index (χ2n) is 7.94. The number of nitrogens with one attached hydrogen (secondary N) is 5. The third-order valence-electron chi connectivity index (χ3n) is 5.37. The molecule has 0 radical (unpaired) electrons. The van der Waals surface area contributed by atoms with Gasteiger partial charge in [-0.3, -0.25) is 14.3 Å². The quantitative estimate of drug-likeness (QED) is 0.268. The molecule has 0 saturated heterocycles. The Bertz CT molecular complexity index is 1580. The van der Waals surface area contributed by atoms with Crippen molar-refractivity contribution < 1.29 is 18.0 Å². The molecule has 3 aromatic carbocycles. The van der Waals surface area contributed by atoms with Crippen molar-refractivity contribution in [3.8, 4) is 0 Å². The molecule has 35 heavy (non-hydrogen) atoms. The number of anilines is 2. The number of H-pyrrole nitrogens is 2. The van der Waals surface area contributed by atoms with Gasteiger partial charge in [0.15, 0.2) is 0 Å². The maximum absolute atomic E-state index is 13.0. The lowest BCUT2D eigenvalue weighted by molar-refractivity contribution is -0.115. The second kappa shape index (κ2) is 9.47. The second-order valence-corrected chi connectivity index (χ2v) is 9.62. The molecule has 0 unspecified atom stereocenters. The number of para-hydroxylation sites is 2. The number of benzene rings is 3. The van der Waals surface area contributed by atoms with Crippen LogP contribution in [0.15, 0.2) is 70.4 Å². The number of imidazole rings is 1. The summed E-state index contributed by atoms with van der Waals surface area (Å²) in [6.45, 7) is 3.44. The van der Waals surface area contributed by atoms with Gasteiger partial charge in [-0.15, -0.1) is 0 Å². The summed E-state index contributed by atoms with van der Waals surface area (Å²) in [4.78, 5) is 41.6. The largest absolute Gasteiger partial charge is 0.343 e. The fourth-order valence-electron chi connectivity index (χ4n) is 3.60. The standard InChI is InChI=1S/C24H23N5O5S/c1-14-6-5-7-15(2)22(14)28-21(30)13-25-23(31)17-8-3-4-9-18(17)29-35(33,34)16-10-11-19-20(12-16)27-24(32)26-19/h3-12,29H,13H2,1-2H3,(H,25,31)(H,28,30)(H2,26,27,32). The average Bonchev–Trinajstić information content (AvgIpc) is 3.19. The van der Waals surface area contributed by atoms with Crippen LogP contribution in [0.2, 0.25) is 0 Å². The predicted octanol–water partition coefficient (Wildman–Crippen LogP) is 2.64. The van der Waals surface area contributed by atoms with Crippen molar-refractivity contribution in [1.82, 2.24) is 15.3 Å². The SMILES string of the molecule is Cc1cccc(C)c1NC(=O)CNC(=O)c1ccccc1NS(=O)(=O)c1ccc2[nH]c(=O)[nH]c2c1. The zero-order valence-electron chi connectivity index (χ0n) is 18.9. The summed E-state index contributed by atoms with van der Waals surface area (Å²) in [7, 11) is -4.08. The number of sulfonamides is 1. The first kappa shape index (κ1) is 23.8. The van der Waals surface area contributed by atoms with Crippen LogP contribution in [0.5, 0.6) is 0 Å². The van der Waals surface area contributed by atoms with Gasteiger partial charge in [-0.05, 0) is 55.3 Å². The summed E-state index contributed by atoms with van der Waals surface area (Å²) in [6.07, 6.45) is 0. The summed E-state index contributed by atoms with van der Waals surface area (Å²) in [6, 6.07) is 15.8. The van der Waals surface area contributed by atoms with Gasteiger partial charge in [0.25, 0.3) is 15.9 Å².